The zero-order valence-corrected chi connectivity index (χ0v) is 9.56. The molecule has 4 heteroatoms. The summed E-state index contributed by atoms with van der Waals surface area (Å²) in [4.78, 5) is 8.04. The van der Waals surface area contributed by atoms with Crippen LogP contribution in [0, 0.1) is 0 Å². The third-order valence-corrected chi connectivity index (χ3v) is 1.98. The van der Waals surface area contributed by atoms with Crippen molar-refractivity contribution in [2.45, 2.75) is 13.2 Å². The van der Waals surface area contributed by atoms with Crippen LogP contribution in [0.4, 0.5) is 0 Å². The van der Waals surface area contributed by atoms with Gasteiger partial charge in [0.1, 0.15) is 0 Å². The average molecular weight is 237 g/mol. The first-order valence-electron chi connectivity index (χ1n) is 4.81. The molecule has 2 rings (SSSR count). The maximum absolute atomic E-state index is 5.53. The van der Waals surface area contributed by atoms with Crippen molar-refractivity contribution in [3.05, 3.63) is 60.2 Å². The van der Waals surface area contributed by atoms with Crippen LogP contribution in [0.1, 0.15) is 11.1 Å². The van der Waals surface area contributed by atoms with Gasteiger partial charge in [0.05, 0.1) is 13.2 Å². The standard InChI is InChI=1S/C12H12N2O.ClH/c1-3-11(7-13-5-1)9-15-10-12-4-2-6-14-8-12;/h1-8H,9-10H2;1H. The molecule has 0 bridgehead atoms. The zero-order valence-electron chi connectivity index (χ0n) is 8.74. The van der Waals surface area contributed by atoms with Gasteiger partial charge in [-0.2, -0.15) is 0 Å². The molecule has 0 saturated carbocycles. The summed E-state index contributed by atoms with van der Waals surface area (Å²) in [5.41, 5.74) is 2.17. The van der Waals surface area contributed by atoms with Gasteiger partial charge in [0.25, 0.3) is 0 Å². The lowest BCUT2D eigenvalue weighted by Crippen LogP contribution is -1.94. The van der Waals surface area contributed by atoms with E-state index in [9.17, 15) is 0 Å². The number of hydrogen-bond acceptors (Lipinski definition) is 3. The molecule has 0 saturated heterocycles. The van der Waals surface area contributed by atoms with Crippen molar-refractivity contribution in [3.8, 4) is 0 Å². The van der Waals surface area contributed by atoms with Gasteiger partial charge in [-0.3, -0.25) is 9.97 Å². The molecule has 84 valence electrons. The average Bonchev–Trinajstić information content (AvgIpc) is 2.32. The third-order valence-electron chi connectivity index (χ3n) is 1.98. The highest BCUT2D eigenvalue weighted by Gasteiger charge is 1.94. The van der Waals surface area contributed by atoms with Crippen molar-refractivity contribution >= 4 is 12.4 Å². The first kappa shape index (κ1) is 12.6. The van der Waals surface area contributed by atoms with Gasteiger partial charge < -0.3 is 4.74 Å². The normalized spacial score (nSPS) is 9.50. The fraction of sp³-hybridized carbons (Fsp3) is 0.167. The third kappa shape index (κ3) is 3.96. The molecule has 0 spiro atoms. The monoisotopic (exact) mass is 236 g/mol. The number of ether oxygens (including phenoxy) is 1. The lowest BCUT2D eigenvalue weighted by Gasteiger charge is -2.03. The molecule has 16 heavy (non-hydrogen) atoms. The van der Waals surface area contributed by atoms with E-state index < -0.39 is 0 Å². The Kier molecular flexibility index (Phi) is 5.46. The Balaban J connectivity index is 0.00000128. The van der Waals surface area contributed by atoms with E-state index in [-0.39, 0.29) is 12.4 Å². The first-order valence-corrected chi connectivity index (χ1v) is 4.81. The highest BCUT2D eigenvalue weighted by Crippen LogP contribution is 2.03. The Hall–Kier alpha value is -1.45. The Morgan fingerprint density at radius 3 is 1.75 bits per heavy atom. The van der Waals surface area contributed by atoms with E-state index in [0.29, 0.717) is 13.2 Å². The fourth-order valence-electron chi connectivity index (χ4n) is 1.25. The molecule has 0 N–H and O–H groups in total. The molecule has 0 radical (unpaired) electrons. The van der Waals surface area contributed by atoms with Gasteiger partial charge in [0, 0.05) is 24.8 Å². The van der Waals surface area contributed by atoms with Crippen LogP contribution in [-0.2, 0) is 18.0 Å². The molecule has 0 amide bonds. The van der Waals surface area contributed by atoms with E-state index in [0.717, 1.165) is 11.1 Å². The highest BCUT2D eigenvalue weighted by molar-refractivity contribution is 5.85. The maximum Gasteiger partial charge on any atom is 0.0736 e. The molecule has 0 fully saturated rings. The molecule has 0 aliphatic carbocycles. The van der Waals surface area contributed by atoms with Crippen LogP contribution >= 0.6 is 12.4 Å². The van der Waals surface area contributed by atoms with Gasteiger partial charge in [-0.05, 0) is 23.3 Å². The predicted molar refractivity (Wildman–Crippen MR) is 64.2 cm³/mol. The largest absolute Gasteiger partial charge is 0.372 e. The van der Waals surface area contributed by atoms with Crippen LogP contribution in [-0.4, -0.2) is 9.97 Å². The molecule has 2 heterocycles. The van der Waals surface area contributed by atoms with E-state index in [4.69, 9.17) is 4.74 Å². The summed E-state index contributed by atoms with van der Waals surface area (Å²) < 4.78 is 5.53. The molecule has 0 aliphatic rings. The summed E-state index contributed by atoms with van der Waals surface area (Å²) in [5.74, 6) is 0. The van der Waals surface area contributed by atoms with Gasteiger partial charge >= 0.3 is 0 Å². The molecule has 0 aromatic carbocycles. The lowest BCUT2D eigenvalue weighted by molar-refractivity contribution is 0.107. The quantitative estimate of drug-likeness (QED) is 0.819. The number of rotatable bonds is 4. The Labute approximate surface area is 101 Å². The first-order chi connectivity index (χ1) is 7.45. The number of hydrogen-bond donors (Lipinski definition) is 0. The Morgan fingerprint density at radius 1 is 0.875 bits per heavy atom. The van der Waals surface area contributed by atoms with Crippen LogP contribution < -0.4 is 0 Å². The minimum absolute atomic E-state index is 0. The summed E-state index contributed by atoms with van der Waals surface area (Å²) in [5, 5.41) is 0. The van der Waals surface area contributed by atoms with Crippen molar-refractivity contribution in [2.75, 3.05) is 0 Å². The SMILES string of the molecule is Cl.c1cncc(COCc2cccnc2)c1. The topological polar surface area (TPSA) is 35.0 Å². The molecule has 2 aromatic heterocycles. The van der Waals surface area contributed by atoms with Crippen molar-refractivity contribution in [3.63, 3.8) is 0 Å². The van der Waals surface area contributed by atoms with Gasteiger partial charge in [0.2, 0.25) is 0 Å². The summed E-state index contributed by atoms with van der Waals surface area (Å²) >= 11 is 0. The second kappa shape index (κ2) is 6.93. The summed E-state index contributed by atoms with van der Waals surface area (Å²) in [6.45, 7) is 1.17. The molecule has 0 unspecified atom stereocenters. The van der Waals surface area contributed by atoms with Crippen molar-refractivity contribution in [1.82, 2.24) is 9.97 Å². The lowest BCUT2D eigenvalue weighted by atomic mass is 10.3. The minimum atomic E-state index is 0. The van der Waals surface area contributed by atoms with E-state index in [1.54, 1.807) is 12.4 Å². The van der Waals surface area contributed by atoms with Crippen molar-refractivity contribution in [1.29, 1.82) is 0 Å². The van der Waals surface area contributed by atoms with Crippen molar-refractivity contribution < 1.29 is 4.74 Å². The van der Waals surface area contributed by atoms with Gasteiger partial charge in [0.15, 0.2) is 0 Å². The number of halogens is 1. The molecule has 0 atom stereocenters. The second-order valence-corrected chi connectivity index (χ2v) is 3.22. The van der Waals surface area contributed by atoms with Crippen LogP contribution in [0.15, 0.2) is 49.1 Å². The predicted octanol–water partition coefficient (Wildman–Crippen LogP) is 2.62. The smallest absolute Gasteiger partial charge is 0.0736 e. The van der Waals surface area contributed by atoms with E-state index in [2.05, 4.69) is 9.97 Å². The van der Waals surface area contributed by atoms with E-state index in [1.807, 2.05) is 36.7 Å². The van der Waals surface area contributed by atoms with Crippen LogP contribution in [0.3, 0.4) is 0 Å². The zero-order chi connectivity index (χ0) is 10.3. The van der Waals surface area contributed by atoms with Crippen molar-refractivity contribution in [2.24, 2.45) is 0 Å². The summed E-state index contributed by atoms with van der Waals surface area (Å²) in [7, 11) is 0. The second-order valence-electron chi connectivity index (χ2n) is 3.22. The molecule has 0 aliphatic heterocycles. The Bertz CT molecular complexity index is 355. The molecule has 2 aromatic rings. The molecular formula is C12H13ClN2O. The summed E-state index contributed by atoms with van der Waals surface area (Å²) in [6.07, 6.45) is 7.13. The molecule has 3 nitrogen and oxygen atoms in total. The minimum Gasteiger partial charge on any atom is -0.372 e. The summed E-state index contributed by atoms with van der Waals surface area (Å²) in [6, 6.07) is 7.80. The van der Waals surface area contributed by atoms with E-state index >= 15 is 0 Å². The number of nitrogens with zero attached hydrogens (tertiary/aromatic N) is 2. The molecular weight excluding hydrogens is 224 g/mol. The maximum atomic E-state index is 5.53. The van der Waals surface area contributed by atoms with Crippen LogP contribution in [0.2, 0.25) is 0 Å². The number of pyridine rings is 2. The van der Waals surface area contributed by atoms with Crippen LogP contribution in [0.5, 0.6) is 0 Å². The highest BCUT2D eigenvalue weighted by atomic mass is 35.5. The van der Waals surface area contributed by atoms with Gasteiger partial charge in [-0.1, -0.05) is 12.1 Å². The van der Waals surface area contributed by atoms with Gasteiger partial charge in [-0.25, -0.2) is 0 Å². The van der Waals surface area contributed by atoms with E-state index in [1.165, 1.54) is 0 Å². The Morgan fingerprint density at radius 2 is 1.38 bits per heavy atom. The number of aromatic nitrogens is 2. The fourth-order valence-corrected chi connectivity index (χ4v) is 1.25. The van der Waals surface area contributed by atoms with Gasteiger partial charge in [-0.15, -0.1) is 12.4 Å². The van der Waals surface area contributed by atoms with Crippen LogP contribution in [0.25, 0.3) is 0 Å².